The molecule has 0 aromatic carbocycles. The Bertz CT molecular complexity index is 589. The summed E-state index contributed by atoms with van der Waals surface area (Å²) in [4.78, 5) is 13.2. The molecular formula is C14H20ClN5. The molecule has 0 bridgehead atoms. The quantitative estimate of drug-likeness (QED) is 0.673. The zero-order valence-electron chi connectivity index (χ0n) is 11.8. The molecule has 5 nitrogen and oxygen atoms in total. The molecule has 20 heavy (non-hydrogen) atoms. The van der Waals surface area contributed by atoms with Crippen LogP contribution in [0.2, 0.25) is 5.28 Å². The molecule has 1 saturated carbocycles. The summed E-state index contributed by atoms with van der Waals surface area (Å²) >= 11 is 6.07. The molecule has 1 aliphatic rings. The number of fused-ring (bicyclic) bond motifs is 1. The van der Waals surface area contributed by atoms with E-state index in [9.17, 15) is 0 Å². The van der Waals surface area contributed by atoms with Crippen molar-refractivity contribution in [2.75, 3.05) is 11.9 Å². The van der Waals surface area contributed by atoms with Gasteiger partial charge in [0.05, 0.1) is 6.33 Å². The minimum atomic E-state index is 0.288. The van der Waals surface area contributed by atoms with Gasteiger partial charge in [0.1, 0.15) is 0 Å². The average molecular weight is 294 g/mol. The van der Waals surface area contributed by atoms with Crippen molar-refractivity contribution in [3.8, 4) is 0 Å². The predicted molar refractivity (Wildman–Crippen MR) is 81.2 cm³/mol. The number of imidazole rings is 1. The van der Waals surface area contributed by atoms with Crippen LogP contribution in [-0.4, -0.2) is 26.1 Å². The Morgan fingerprint density at radius 1 is 1.35 bits per heavy atom. The number of nitrogens with zero attached hydrogens (tertiary/aromatic N) is 4. The lowest BCUT2D eigenvalue weighted by molar-refractivity contribution is 0.529. The molecule has 1 fully saturated rings. The first-order valence-electron chi connectivity index (χ1n) is 7.43. The lowest BCUT2D eigenvalue weighted by Crippen LogP contribution is -2.07. The Kier molecular flexibility index (Phi) is 4.05. The highest BCUT2D eigenvalue weighted by atomic mass is 35.5. The number of unbranched alkanes of at least 4 members (excludes halogenated alkanes) is 1. The second-order valence-corrected chi connectivity index (χ2v) is 5.72. The van der Waals surface area contributed by atoms with E-state index in [1.807, 2.05) is 6.33 Å². The molecule has 1 N–H and O–H groups in total. The summed E-state index contributed by atoms with van der Waals surface area (Å²) in [5, 5.41) is 3.61. The zero-order chi connectivity index (χ0) is 13.9. The standard InChI is InChI=1S/C14H20ClN5/c1-2-3-8-16-12-11-13(19-14(15)18-12)20(9-17-11)10-6-4-5-7-10/h9-10H,2-8H2,1H3,(H,16,18,19). The molecule has 6 heteroatoms. The highest BCUT2D eigenvalue weighted by molar-refractivity contribution is 6.28. The number of rotatable bonds is 5. The van der Waals surface area contributed by atoms with Crippen LogP contribution in [0.5, 0.6) is 0 Å². The fourth-order valence-corrected chi connectivity index (χ4v) is 3.01. The third-order valence-corrected chi connectivity index (χ3v) is 4.10. The van der Waals surface area contributed by atoms with Gasteiger partial charge in [0.25, 0.3) is 0 Å². The fraction of sp³-hybridized carbons (Fsp3) is 0.643. The first-order valence-corrected chi connectivity index (χ1v) is 7.81. The molecule has 108 valence electrons. The SMILES string of the molecule is CCCCNc1nc(Cl)nc2c1ncn2C1CCCC1. The van der Waals surface area contributed by atoms with E-state index in [4.69, 9.17) is 11.6 Å². The van der Waals surface area contributed by atoms with E-state index in [0.717, 1.165) is 36.4 Å². The van der Waals surface area contributed by atoms with Crippen molar-refractivity contribution < 1.29 is 0 Å². The zero-order valence-corrected chi connectivity index (χ0v) is 12.5. The first kappa shape index (κ1) is 13.6. The number of hydrogen-bond acceptors (Lipinski definition) is 4. The maximum atomic E-state index is 6.07. The molecule has 0 unspecified atom stereocenters. The molecule has 0 saturated heterocycles. The molecule has 0 atom stereocenters. The number of aromatic nitrogens is 4. The van der Waals surface area contributed by atoms with Crippen molar-refractivity contribution in [3.05, 3.63) is 11.6 Å². The van der Waals surface area contributed by atoms with Crippen LogP contribution in [0, 0.1) is 0 Å². The summed E-state index contributed by atoms with van der Waals surface area (Å²) in [6.07, 6.45) is 9.10. The van der Waals surface area contributed by atoms with E-state index in [1.165, 1.54) is 25.7 Å². The van der Waals surface area contributed by atoms with Crippen molar-refractivity contribution in [3.63, 3.8) is 0 Å². The summed E-state index contributed by atoms with van der Waals surface area (Å²) in [5.74, 6) is 0.755. The van der Waals surface area contributed by atoms with Gasteiger partial charge in [-0.3, -0.25) is 0 Å². The van der Waals surface area contributed by atoms with E-state index in [0.29, 0.717) is 6.04 Å². The second kappa shape index (κ2) is 5.95. The normalized spacial score (nSPS) is 16.1. The van der Waals surface area contributed by atoms with Crippen LogP contribution in [0.1, 0.15) is 51.5 Å². The summed E-state index contributed by atoms with van der Waals surface area (Å²) in [6, 6.07) is 0.509. The van der Waals surface area contributed by atoms with Gasteiger partial charge in [-0.1, -0.05) is 26.2 Å². The molecule has 2 aromatic heterocycles. The van der Waals surface area contributed by atoms with E-state index >= 15 is 0 Å². The van der Waals surface area contributed by atoms with E-state index in [-0.39, 0.29) is 5.28 Å². The molecule has 2 aromatic rings. The Morgan fingerprint density at radius 3 is 2.90 bits per heavy atom. The van der Waals surface area contributed by atoms with Gasteiger partial charge in [0.15, 0.2) is 17.0 Å². The smallest absolute Gasteiger partial charge is 0.226 e. The maximum Gasteiger partial charge on any atom is 0.226 e. The Balaban J connectivity index is 1.95. The van der Waals surface area contributed by atoms with Crippen LogP contribution in [0.3, 0.4) is 0 Å². The number of hydrogen-bond donors (Lipinski definition) is 1. The molecule has 0 radical (unpaired) electrons. The van der Waals surface area contributed by atoms with Crippen molar-refractivity contribution in [2.24, 2.45) is 0 Å². The third kappa shape index (κ3) is 2.59. The van der Waals surface area contributed by atoms with E-state index < -0.39 is 0 Å². The Hall–Kier alpha value is -1.36. The fourth-order valence-electron chi connectivity index (χ4n) is 2.85. The van der Waals surface area contributed by atoms with Crippen LogP contribution in [0.25, 0.3) is 11.2 Å². The molecule has 0 aliphatic heterocycles. The van der Waals surface area contributed by atoms with Crippen LogP contribution in [-0.2, 0) is 0 Å². The van der Waals surface area contributed by atoms with E-state index in [1.54, 1.807) is 0 Å². The lowest BCUT2D eigenvalue weighted by Gasteiger charge is -2.12. The summed E-state index contributed by atoms with van der Waals surface area (Å²) in [6.45, 7) is 3.05. The number of nitrogens with one attached hydrogen (secondary N) is 1. The molecule has 3 rings (SSSR count). The van der Waals surface area contributed by atoms with Gasteiger partial charge in [-0.2, -0.15) is 9.97 Å². The summed E-state index contributed by atoms with van der Waals surface area (Å²) < 4.78 is 2.17. The van der Waals surface area contributed by atoms with Gasteiger partial charge in [0.2, 0.25) is 5.28 Å². The van der Waals surface area contributed by atoms with Crippen LogP contribution in [0.15, 0.2) is 6.33 Å². The molecule has 1 aliphatic carbocycles. The van der Waals surface area contributed by atoms with Gasteiger partial charge < -0.3 is 9.88 Å². The Labute approximate surface area is 123 Å². The van der Waals surface area contributed by atoms with Crippen molar-refractivity contribution >= 4 is 28.6 Å². The highest BCUT2D eigenvalue weighted by Gasteiger charge is 2.21. The Morgan fingerprint density at radius 2 is 2.15 bits per heavy atom. The maximum absolute atomic E-state index is 6.07. The van der Waals surface area contributed by atoms with Gasteiger partial charge in [0, 0.05) is 12.6 Å². The second-order valence-electron chi connectivity index (χ2n) is 5.38. The minimum Gasteiger partial charge on any atom is -0.368 e. The predicted octanol–water partition coefficient (Wildman–Crippen LogP) is 3.81. The minimum absolute atomic E-state index is 0.288. The van der Waals surface area contributed by atoms with Crippen molar-refractivity contribution in [2.45, 2.75) is 51.5 Å². The largest absolute Gasteiger partial charge is 0.368 e. The van der Waals surface area contributed by atoms with E-state index in [2.05, 4.69) is 31.8 Å². The van der Waals surface area contributed by atoms with Gasteiger partial charge in [-0.25, -0.2) is 4.98 Å². The molecule has 2 heterocycles. The van der Waals surface area contributed by atoms with Crippen LogP contribution < -0.4 is 5.32 Å². The first-order chi connectivity index (χ1) is 9.79. The molecule has 0 amide bonds. The average Bonchev–Trinajstić information content (AvgIpc) is 3.06. The van der Waals surface area contributed by atoms with Gasteiger partial charge >= 0.3 is 0 Å². The van der Waals surface area contributed by atoms with Crippen molar-refractivity contribution in [1.82, 2.24) is 19.5 Å². The topological polar surface area (TPSA) is 55.6 Å². The third-order valence-electron chi connectivity index (χ3n) is 3.93. The van der Waals surface area contributed by atoms with Crippen LogP contribution in [0.4, 0.5) is 5.82 Å². The molecular weight excluding hydrogens is 274 g/mol. The lowest BCUT2D eigenvalue weighted by atomic mass is 10.2. The number of anilines is 1. The van der Waals surface area contributed by atoms with Gasteiger partial charge in [-0.15, -0.1) is 0 Å². The van der Waals surface area contributed by atoms with Crippen LogP contribution >= 0.6 is 11.6 Å². The molecule has 0 spiro atoms. The number of halogens is 1. The van der Waals surface area contributed by atoms with Crippen molar-refractivity contribution in [1.29, 1.82) is 0 Å². The monoisotopic (exact) mass is 293 g/mol. The van der Waals surface area contributed by atoms with Gasteiger partial charge in [-0.05, 0) is 30.9 Å². The highest BCUT2D eigenvalue weighted by Crippen LogP contribution is 2.32. The summed E-state index contributed by atoms with van der Waals surface area (Å²) in [5.41, 5.74) is 1.69. The summed E-state index contributed by atoms with van der Waals surface area (Å²) in [7, 11) is 0.